The second-order valence-electron chi connectivity index (χ2n) is 8.76. The molecule has 5 heteroatoms. The number of carbonyl (C=O) groups is 1. The van der Waals surface area contributed by atoms with Crippen molar-refractivity contribution in [2.24, 2.45) is 0 Å². The molecule has 0 bridgehead atoms. The molecule has 0 radical (unpaired) electrons. The normalized spacial score (nSPS) is 10.9. The Morgan fingerprint density at radius 2 is 1.75 bits per heavy atom. The van der Waals surface area contributed by atoms with Crippen LogP contribution in [0.2, 0.25) is 0 Å². The Morgan fingerprint density at radius 3 is 2.34 bits per heavy atom. The molecule has 0 unspecified atom stereocenters. The molecular formula is C27H29N3O2. The van der Waals surface area contributed by atoms with Gasteiger partial charge in [-0.2, -0.15) is 5.26 Å². The number of amides is 1. The van der Waals surface area contributed by atoms with Crippen LogP contribution in [0.15, 0.2) is 73.1 Å². The number of ether oxygens (including phenoxy) is 1. The standard InChI is InChI=1S/C27H29N3O2/c1-27(2,3)24-11-13-25(14-12-24)32-20-21-7-9-23(10-8-21)26(31)30(17-5-15-28)19-22-6-4-16-29-18-22/h4,6-14,16,18H,5,17,19-20H2,1-3H3. The van der Waals surface area contributed by atoms with Crippen LogP contribution in [0.1, 0.15) is 54.2 Å². The molecule has 0 saturated carbocycles. The summed E-state index contributed by atoms with van der Waals surface area (Å²) in [5.74, 6) is 0.714. The van der Waals surface area contributed by atoms with E-state index in [1.54, 1.807) is 17.3 Å². The maximum atomic E-state index is 13.0. The molecule has 0 aliphatic rings. The molecule has 32 heavy (non-hydrogen) atoms. The van der Waals surface area contributed by atoms with E-state index >= 15 is 0 Å². The second kappa shape index (κ2) is 10.6. The first-order valence-corrected chi connectivity index (χ1v) is 10.7. The van der Waals surface area contributed by atoms with Gasteiger partial charge in [-0.05, 0) is 52.4 Å². The lowest BCUT2D eigenvalue weighted by atomic mass is 9.87. The summed E-state index contributed by atoms with van der Waals surface area (Å²) in [5.41, 5.74) is 3.88. The predicted molar refractivity (Wildman–Crippen MR) is 125 cm³/mol. The third kappa shape index (κ3) is 6.42. The molecule has 1 heterocycles. The summed E-state index contributed by atoms with van der Waals surface area (Å²) in [4.78, 5) is 18.8. The zero-order valence-electron chi connectivity index (χ0n) is 18.9. The number of hydrogen-bond donors (Lipinski definition) is 0. The van der Waals surface area contributed by atoms with Crippen LogP contribution in [0.4, 0.5) is 0 Å². The van der Waals surface area contributed by atoms with Crippen molar-refractivity contribution in [3.63, 3.8) is 0 Å². The van der Waals surface area contributed by atoms with Gasteiger partial charge in [-0.25, -0.2) is 0 Å². The van der Waals surface area contributed by atoms with Gasteiger partial charge in [-0.1, -0.05) is 51.1 Å². The van der Waals surface area contributed by atoms with E-state index in [0.29, 0.717) is 25.3 Å². The highest BCUT2D eigenvalue weighted by Crippen LogP contribution is 2.24. The van der Waals surface area contributed by atoms with Gasteiger partial charge in [-0.15, -0.1) is 0 Å². The van der Waals surface area contributed by atoms with Crippen molar-refractivity contribution < 1.29 is 9.53 Å². The summed E-state index contributed by atoms with van der Waals surface area (Å²) < 4.78 is 5.90. The van der Waals surface area contributed by atoms with Crippen molar-refractivity contribution in [1.82, 2.24) is 9.88 Å². The molecule has 1 amide bonds. The van der Waals surface area contributed by atoms with Gasteiger partial charge < -0.3 is 9.64 Å². The van der Waals surface area contributed by atoms with E-state index in [9.17, 15) is 4.79 Å². The molecule has 0 N–H and O–H groups in total. The fraction of sp³-hybridized carbons (Fsp3) is 0.296. The third-order valence-electron chi connectivity index (χ3n) is 5.20. The first-order valence-electron chi connectivity index (χ1n) is 10.7. The molecule has 0 spiro atoms. The smallest absolute Gasteiger partial charge is 0.254 e. The van der Waals surface area contributed by atoms with Gasteiger partial charge in [0.25, 0.3) is 5.91 Å². The first kappa shape index (κ1) is 23.0. The number of nitriles is 1. The molecule has 0 saturated heterocycles. The Bertz CT molecular complexity index is 1050. The van der Waals surface area contributed by atoms with Crippen LogP contribution in [0.25, 0.3) is 0 Å². The van der Waals surface area contributed by atoms with E-state index in [2.05, 4.69) is 44.0 Å². The average Bonchev–Trinajstić information content (AvgIpc) is 2.80. The fourth-order valence-corrected chi connectivity index (χ4v) is 3.29. The quantitative estimate of drug-likeness (QED) is 0.475. The monoisotopic (exact) mass is 427 g/mol. The molecule has 164 valence electrons. The van der Waals surface area contributed by atoms with Crippen LogP contribution < -0.4 is 4.74 Å². The van der Waals surface area contributed by atoms with E-state index in [0.717, 1.165) is 16.9 Å². The number of pyridine rings is 1. The van der Waals surface area contributed by atoms with E-state index in [4.69, 9.17) is 10.00 Å². The van der Waals surface area contributed by atoms with Gasteiger partial charge in [0, 0.05) is 31.0 Å². The lowest BCUT2D eigenvalue weighted by Gasteiger charge is -2.22. The van der Waals surface area contributed by atoms with Crippen LogP contribution in [-0.4, -0.2) is 22.3 Å². The Morgan fingerprint density at radius 1 is 1.03 bits per heavy atom. The first-order chi connectivity index (χ1) is 15.4. The minimum absolute atomic E-state index is 0.102. The van der Waals surface area contributed by atoms with Gasteiger partial charge in [0.1, 0.15) is 12.4 Å². The number of hydrogen-bond acceptors (Lipinski definition) is 4. The Kier molecular flexibility index (Phi) is 7.62. The van der Waals surface area contributed by atoms with E-state index in [1.807, 2.05) is 48.5 Å². The highest BCUT2D eigenvalue weighted by molar-refractivity contribution is 5.94. The maximum absolute atomic E-state index is 13.0. The lowest BCUT2D eigenvalue weighted by Crippen LogP contribution is -2.31. The predicted octanol–water partition coefficient (Wildman–Crippen LogP) is 5.51. The Labute approximate surface area is 190 Å². The summed E-state index contributed by atoms with van der Waals surface area (Å²) in [7, 11) is 0. The molecule has 0 aliphatic heterocycles. The van der Waals surface area contributed by atoms with Crippen molar-refractivity contribution in [2.75, 3.05) is 6.54 Å². The lowest BCUT2D eigenvalue weighted by molar-refractivity contribution is 0.0746. The van der Waals surface area contributed by atoms with Crippen LogP contribution in [0.5, 0.6) is 5.75 Å². The molecule has 1 aromatic heterocycles. The summed E-state index contributed by atoms with van der Waals surface area (Å²) in [6.45, 7) is 7.78. The summed E-state index contributed by atoms with van der Waals surface area (Å²) >= 11 is 0. The van der Waals surface area contributed by atoms with Gasteiger partial charge in [0.05, 0.1) is 12.5 Å². The van der Waals surface area contributed by atoms with E-state index in [1.165, 1.54) is 5.56 Å². The largest absolute Gasteiger partial charge is 0.489 e. The van der Waals surface area contributed by atoms with Crippen molar-refractivity contribution in [3.8, 4) is 11.8 Å². The van der Waals surface area contributed by atoms with Crippen molar-refractivity contribution in [1.29, 1.82) is 5.26 Å². The highest BCUT2D eigenvalue weighted by atomic mass is 16.5. The van der Waals surface area contributed by atoms with Crippen molar-refractivity contribution >= 4 is 5.91 Å². The highest BCUT2D eigenvalue weighted by Gasteiger charge is 2.16. The van der Waals surface area contributed by atoms with Gasteiger partial charge in [0.2, 0.25) is 0 Å². The van der Waals surface area contributed by atoms with Crippen LogP contribution >= 0.6 is 0 Å². The van der Waals surface area contributed by atoms with Crippen LogP contribution in [0, 0.1) is 11.3 Å². The molecule has 3 rings (SSSR count). The molecule has 3 aromatic rings. The van der Waals surface area contributed by atoms with Crippen molar-refractivity contribution in [3.05, 3.63) is 95.3 Å². The zero-order valence-corrected chi connectivity index (χ0v) is 18.9. The van der Waals surface area contributed by atoms with Gasteiger partial charge in [-0.3, -0.25) is 9.78 Å². The third-order valence-corrected chi connectivity index (χ3v) is 5.20. The number of benzene rings is 2. The molecule has 2 aromatic carbocycles. The minimum Gasteiger partial charge on any atom is -0.489 e. The Balaban J connectivity index is 1.62. The summed E-state index contributed by atoms with van der Waals surface area (Å²) in [6, 6.07) is 21.5. The number of nitrogens with zero attached hydrogens (tertiary/aromatic N) is 3. The van der Waals surface area contributed by atoms with Crippen LogP contribution in [0.3, 0.4) is 0 Å². The zero-order chi connectivity index (χ0) is 23.0. The fourth-order valence-electron chi connectivity index (χ4n) is 3.29. The van der Waals surface area contributed by atoms with Gasteiger partial charge >= 0.3 is 0 Å². The molecular weight excluding hydrogens is 398 g/mol. The summed E-state index contributed by atoms with van der Waals surface area (Å²) in [5, 5.41) is 8.96. The second-order valence-corrected chi connectivity index (χ2v) is 8.76. The SMILES string of the molecule is CC(C)(C)c1ccc(OCc2ccc(C(=O)N(CCC#N)Cc3cccnc3)cc2)cc1. The van der Waals surface area contributed by atoms with Gasteiger partial charge in [0.15, 0.2) is 0 Å². The van der Waals surface area contributed by atoms with E-state index < -0.39 is 0 Å². The topological polar surface area (TPSA) is 66.2 Å². The maximum Gasteiger partial charge on any atom is 0.254 e. The molecule has 5 nitrogen and oxygen atoms in total. The Hall–Kier alpha value is -3.65. The number of carbonyl (C=O) groups excluding carboxylic acids is 1. The molecule has 0 fully saturated rings. The number of rotatable bonds is 8. The van der Waals surface area contributed by atoms with Crippen molar-refractivity contribution in [2.45, 2.75) is 45.8 Å². The molecule has 0 atom stereocenters. The van der Waals surface area contributed by atoms with Crippen LogP contribution in [-0.2, 0) is 18.6 Å². The minimum atomic E-state index is -0.102. The average molecular weight is 428 g/mol. The molecule has 0 aliphatic carbocycles. The summed E-state index contributed by atoms with van der Waals surface area (Å²) in [6.07, 6.45) is 3.72. The number of aromatic nitrogens is 1. The van der Waals surface area contributed by atoms with E-state index in [-0.39, 0.29) is 17.7 Å².